The average Bonchev–Trinajstić information content (AvgIpc) is 3.16. The number of halogens is 1. The molecule has 1 fully saturated rings. The van der Waals surface area contributed by atoms with E-state index in [1.807, 2.05) is 26.8 Å². The highest BCUT2D eigenvalue weighted by Gasteiger charge is 2.22. The Bertz CT molecular complexity index is 966. The van der Waals surface area contributed by atoms with Gasteiger partial charge in [0.05, 0.1) is 0 Å². The third-order valence-electron chi connectivity index (χ3n) is 5.15. The highest BCUT2D eigenvalue weighted by Crippen LogP contribution is 2.31. The van der Waals surface area contributed by atoms with Gasteiger partial charge in [0.1, 0.15) is 5.75 Å². The summed E-state index contributed by atoms with van der Waals surface area (Å²) in [5, 5.41) is 6.47. The maximum absolute atomic E-state index is 5.97. The molecule has 1 aromatic heterocycles. The molecule has 0 aliphatic carbocycles. The lowest BCUT2D eigenvalue weighted by Gasteiger charge is -2.34. The van der Waals surface area contributed by atoms with Gasteiger partial charge in [-0.1, -0.05) is 44.1 Å². The zero-order valence-corrected chi connectivity index (χ0v) is 19.3. The van der Waals surface area contributed by atoms with E-state index in [9.17, 15) is 0 Å². The van der Waals surface area contributed by atoms with Gasteiger partial charge in [0.25, 0.3) is 0 Å². The Morgan fingerprint density at radius 1 is 1.03 bits per heavy atom. The molecule has 0 bridgehead atoms. The van der Waals surface area contributed by atoms with Crippen LogP contribution in [0.2, 0.25) is 0 Å². The SMILES string of the molecule is CN1CCN(c2cccc3ccc(OCc4noc(C(C)(C)C)n4)cc23)CC1.Cl.O.O. The number of anilines is 1. The molecule has 9 heteroatoms. The van der Waals surface area contributed by atoms with Crippen LogP contribution < -0.4 is 9.64 Å². The molecule has 0 unspecified atom stereocenters. The van der Waals surface area contributed by atoms with Gasteiger partial charge in [-0.15, -0.1) is 12.4 Å². The standard InChI is InChI=1S/C22H28N4O2.ClH.2H2O/c1-22(2,3)21-23-20(24-28-21)15-27-17-9-8-16-6-5-7-19(18(16)14-17)26-12-10-25(4)11-13-26;;;/h5-9,14H,10-13,15H2,1-4H3;1H;2*1H2. The molecule has 0 saturated carbocycles. The normalized spacial score (nSPS) is 14.4. The Labute approximate surface area is 189 Å². The summed E-state index contributed by atoms with van der Waals surface area (Å²) in [5.41, 5.74) is 1.11. The fourth-order valence-corrected chi connectivity index (χ4v) is 3.41. The number of benzene rings is 2. The van der Waals surface area contributed by atoms with Crippen LogP contribution in [0.5, 0.6) is 5.75 Å². The second-order valence-corrected chi connectivity index (χ2v) is 8.50. The van der Waals surface area contributed by atoms with Crippen LogP contribution in [0.1, 0.15) is 32.5 Å². The molecule has 8 nitrogen and oxygen atoms in total. The number of aromatic nitrogens is 2. The Hall–Kier alpha value is -2.39. The Balaban J connectivity index is 0.00000160. The van der Waals surface area contributed by atoms with Gasteiger partial charge in [-0.2, -0.15) is 4.98 Å². The summed E-state index contributed by atoms with van der Waals surface area (Å²) in [6.07, 6.45) is 0. The number of hydrogen-bond acceptors (Lipinski definition) is 6. The molecule has 172 valence electrons. The monoisotopic (exact) mass is 452 g/mol. The van der Waals surface area contributed by atoms with Gasteiger partial charge in [-0.05, 0) is 30.6 Å². The molecule has 0 amide bonds. The van der Waals surface area contributed by atoms with Gasteiger partial charge in [0.2, 0.25) is 11.7 Å². The van der Waals surface area contributed by atoms with Crippen molar-refractivity contribution in [2.75, 3.05) is 38.1 Å². The minimum atomic E-state index is -0.161. The Morgan fingerprint density at radius 3 is 2.39 bits per heavy atom. The lowest BCUT2D eigenvalue weighted by molar-refractivity contribution is 0.280. The molecule has 31 heavy (non-hydrogen) atoms. The molecule has 1 aliphatic heterocycles. The van der Waals surface area contributed by atoms with Crippen molar-refractivity contribution >= 4 is 28.9 Å². The zero-order valence-electron chi connectivity index (χ0n) is 18.5. The second kappa shape index (κ2) is 10.8. The third-order valence-corrected chi connectivity index (χ3v) is 5.15. The maximum atomic E-state index is 5.97. The lowest BCUT2D eigenvalue weighted by atomic mass is 9.97. The van der Waals surface area contributed by atoms with Crippen LogP contribution in [-0.4, -0.2) is 59.2 Å². The van der Waals surface area contributed by atoms with Gasteiger partial charge in [-0.25, -0.2) is 0 Å². The van der Waals surface area contributed by atoms with E-state index in [0.717, 1.165) is 31.9 Å². The smallest absolute Gasteiger partial charge is 0.232 e. The molecule has 4 rings (SSSR count). The van der Waals surface area contributed by atoms with Crippen molar-refractivity contribution in [3.63, 3.8) is 0 Å². The van der Waals surface area contributed by atoms with Gasteiger partial charge < -0.3 is 30.0 Å². The summed E-state index contributed by atoms with van der Waals surface area (Å²) in [6.45, 7) is 10.7. The predicted molar refractivity (Wildman–Crippen MR) is 125 cm³/mol. The first kappa shape index (κ1) is 26.6. The fraction of sp³-hybridized carbons (Fsp3) is 0.455. The summed E-state index contributed by atoms with van der Waals surface area (Å²) in [5.74, 6) is 2.01. The van der Waals surface area contributed by atoms with Crippen LogP contribution in [0.4, 0.5) is 5.69 Å². The number of piperazine rings is 1. The first-order valence-electron chi connectivity index (χ1n) is 9.82. The third kappa shape index (κ3) is 6.07. The molecule has 4 N–H and O–H groups in total. The Kier molecular flexibility index (Phi) is 9.26. The molecular formula is C22H33ClN4O4. The van der Waals surface area contributed by atoms with Crippen LogP contribution in [0.25, 0.3) is 10.8 Å². The van der Waals surface area contributed by atoms with E-state index in [1.54, 1.807) is 0 Å². The van der Waals surface area contributed by atoms with Crippen molar-refractivity contribution < 1.29 is 20.2 Å². The molecule has 0 spiro atoms. The molecule has 1 aliphatic rings. The minimum Gasteiger partial charge on any atom is -0.485 e. The first-order valence-corrected chi connectivity index (χ1v) is 9.82. The van der Waals surface area contributed by atoms with Crippen molar-refractivity contribution in [3.05, 3.63) is 48.1 Å². The zero-order chi connectivity index (χ0) is 19.7. The lowest BCUT2D eigenvalue weighted by Crippen LogP contribution is -2.44. The van der Waals surface area contributed by atoms with E-state index in [0.29, 0.717) is 18.3 Å². The van der Waals surface area contributed by atoms with Crippen LogP contribution in [0, 0.1) is 0 Å². The van der Waals surface area contributed by atoms with Gasteiger partial charge in [0, 0.05) is 42.7 Å². The van der Waals surface area contributed by atoms with Gasteiger partial charge in [0.15, 0.2) is 6.61 Å². The number of ether oxygens (including phenoxy) is 1. The van der Waals surface area contributed by atoms with E-state index in [-0.39, 0.29) is 28.8 Å². The minimum absolute atomic E-state index is 0. The quantitative estimate of drug-likeness (QED) is 0.600. The van der Waals surface area contributed by atoms with Crippen LogP contribution in [0.15, 0.2) is 40.9 Å². The summed E-state index contributed by atoms with van der Waals surface area (Å²) in [6, 6.07) is 12.7. The van der Waals surface area contributed by atoms with Crippen molar-refractivity contribution in [3.8, 4) is 5.75 Å². The van der Waals surface area contributed by atoms with Gasteiger partial charge >= 0.3 is 0 Å². The van der Waals surface area contributed by atoms with Crippen LogP contribution in [0.3, 0.4) is 0 Å². The molecule has 0 radical (unpaired) electrons. The van der Waals surface area contributed by atoms with Crippen molar-refractivity contribution in [1.29, 1.82) is 0 Å². The summed E-state index contributed by atoms with van der Waals surface area (Å²) < 4.78 is 11.3. The maximum Gasteiger partial charge on any atom is 0.232 e. The average molecular weight is 453 g/mol. The summed E-state index contributed by atoms with van der Waals surface area (Å²) >= 11 is 0. The first-order chi connectivity index (χ1) is 13.4. The van der Waals surface area contributed by atoms with E-state index in [4.69, 9.17) is 9.26 Å². The fourth-order valence-electron chi connectivity index (χ4n) is 3.41. The van der Waals surface area contributed by atoms with Crippen LogP contribution in [-0.2, 0) is 12.0 Å². The molecule has 2 aromatic carbocycles. The number of likely N-dealkylation sites (N-methyl/N-ethyl adjacent to an activating group) is 1. The molecular weight excluding hydrogens is 420 g/mol. The molecule has 2 heterocycles. The molecule has 0 atom stereocenters. The largest absolute Gasteiger partial charge is 0.485 e. The van der Waals surface area contributed by atoms with E-state index in [1.165, 1.54) is 16.5 Å². The van der Waals surface area contributed by atoms with Crippen molar-refractivity contribution in [2.24, 2.45) is 0 Å². The summed E-state index contributed by atoms with van der Waals surface area (Å²) in [4.78, 5) is 9.27. The summed E-state index contributed by atoms with van der Waals surface area (Å²) in [7, 11) is 2.18. The Morgan fingerprint density at radius 2 is 1.74 bits per heavy atom. The topological polar surface area (TPSA) is 118 Å². The van der Waals surface area contributed by atoms with E-state index in [2.05, 4.69) is 57.3 Å². The second-order valence-electron chi connectivity index (χ2n) is 8.50. The number of hydrogen-bond donors (Lipinski definition) is 0. The highest BCUT2D eigenvalue weighted by molar-refractivity contribution is 5.95. The van der Waals surface area contributed by atoms with Crippen molar-refractivity contribution in [2.45, 2.75) is 32.8 Å². The van der Waals surface area contributed by atoms with Gasteiger partial charge in [-0.3, -0.25) is 0 Å². The van der Waals surface area contributed by atoms with E-state index >= 15 is 0 Å². The van der Waals surface area contributed by atoms with E-state index < -0.39 is 0 Å². The molecule has 1 saturated heterocycles. The van der Waals surface area contributed by atoms with Crippen molar-refractivity contribution in [1.82, 2.24) is 15.0 Å². The predicted octanol–water partition coefficient (Wildman–Crippen LogP) is 2.62. The van der Waals surface area contributed by atoms with Crippen LogP contribution >= 0.6 is 12.4 Å². The number of nitrogens with zero attached hydrogens (tertiary/aromatic N) is 4. The number of fused-ring (bicyclic) bond motifs is 1. The molecule has 3 aromatic rings. The highest BCUT2D eigenvalue weighted by atomic mass is 35.5. The number of rotatable bonds is 4.